The largest absolute Gasteiger partial charge is 0.497 e. The molecule has 10 nitrogen and oxygen atoms in total. The molecule has 1 aliphatic heterocycles. The first-order valence-corrected chi connectivity index (χ1v) is 15.9. The third-order valence-corrected chi connectivity index (χ3v) is 8.21. The van der Waals surface area contributed by atoms with Crippen LogP contribution >= 0.6 is 31.9 Å². The van der Waals surface area contributed by atoms with Gasteiger partial charge in [0.1, 0.15) is 17.5 Å². The average Bonchev–Trinajstić information content (AvgIpc) is 3.26. The van der Waals surface area contributed by atoms with E-state index >= 15 is 0 Å². The fourth-order valence-electron chi connectivity index (χ4n) is 4.94. The monoisotopic (exact) mass is 740 g/mol. The number of esters is 1. The normalized spacial score (nSPS) is 13.8. The maximum absolute atomic E-state index is 13.7. The van der Waals surface area contributed by atoms with Crippen molar-refractivity contribution in [3.05, 3.63) is 86.3 Å². The van der Waals surface area contributed by atoms with Crippen molar-refractivity contribution in [2.45, 2.75) is 45.2 Å². The Hall–Kier alpha value is -4.03. The van der Waals surface area contributed by atoms with Crippen LogP contribution in [0.25, 0.3) is 0 Å². The molecule has 1 aliphatic rings. The first-order chi connectivity index (χ1) is 21.6. The van der Waals surface area contributed by atoms with Crippen molar-refractivity contribution < 1.29 is 28.7 Å². The number of aliphatic imine (C=N–C) groups is 1. The molecular formula is C33H34Br2N4O6. The maximum Gasteiger partial charge on any atom is 0.328 e. The summed E-state index contributed by atoms with van der Waals surface area (Å²) in [7, 11) is 2.89. The Labute approximate surface area is 278 Å². The summed E-state index contributed by atoms with van der Waals surface area (Å²) in [6.07, 6.45) is 1.88. The molecule has 0 bridgehead atoms. The molecule has 236 valence electrons. The van der Waals surface area contributed by atoms with Crippen molar-refractivity contribution in [3.8, 4) is 5.75 Å². The quantitative estimate of drug-likeness (QED) is 0.179. The van der Waals surface area contributed by atoms with Crippen LogP contribution in [0.3, 0.4) is 0 Å². The van der Waals surface area contributed by atoms with E-state index in [0.29, 0.717) is 49.3 Å². The van der Waals surface area contributed by atoms with E-state index in [-0.39, 0.29) is 24.1 Å². The number of unbranched alkanes of at least 4 members (excludes halogenated alkanes) is 1. The summed E-state index contributed by atoms with van der Waals surface area (Å²) in [6, 6.07) is 17.9. The first-order valence-electron chi connectivity index (χ1n) is 14.3. The number of hydrogen-bond acceptors (Lipinski definition) is 7. The number of nitrogens with zero attached hydrogens (tertiary/aromatic N) is 2. The standard InChI is InChI=1S/C33H34Br2N4O6/c1-20(40)37-28(33(43)45-3)6-4-5-15-36-29(41)16-21-7-11-24(12-8-21)38-30-26-17-23(34)18-27(35)31(26)39(32(30)42)19-22-9-13-25(44-2)14-10-22/h7-14,17-18,28H,4-6,15-16,19H2,1-3H3,(H,36,41)(H,37,40)/t28-/m0/s1. The van der Waals surface area contributed by atoms with Crippen LogP contribution in [0.1, 0.15) is 42.9 Å². The van der Waals surface area contributed by atoms with Gasteiger partial charge in [-0.15, -0.1) is 0 Å². The number of halogens is 2. The number of anilines is 1. The minimum Gasteiger partial charge on any atom is -0.497 e. The molecule has 4 rings (SSSR count). The molecule has 0 radical (unpaired) electrons. The van der Waals surface area contributed by atoms with Crippen LogP contribution in [0, 0.1) is 0 Å². The zero-order chi connectivity index (χ0) is 32.5. The second kappa shape index (κ2) is 15.8. The molecule has 2 N–H and O–H groups in total. The summed E-state index contributed by atoms with van der Waals surface area (Å²) in [5.74, 6) is -0.396. The first kappa shape index (κ1) is 33.9. The van der Waals surface area contributed by atoms with E-state index in [0.717, 1.165) is 31.5 Å². The highest BCUT2D eigenvalue weighted by Crippen LogP contribution is 2.40. The molecule has 3 aromatic rings. The van der Waals surface area contributed by atoms with E-state index in [9.17, 15) is 19.2 Å². The van der Waals surface area contributed by atoms with E-state index in [2.05, 4.69) is 42.5 Å². The minimum absolute atomic E-state index is 0.135. The molecule has 0 spiro atoms. The Morgan fingerprint density at radius 2 is 1.64 bits per heavy atom. The average molecular weight is 742 g/mol. The van der Waals surface area contributed by atoms with Crippen LogP contribution in [-0.2, 0) is 36.9 Å². The van der Waals surface area contributed by atoms with Crippen LogP contribution in [0.5, 0.6) is 5.75 Å². The number of fused-ring (bicyclic) bond motifs is 1. The molecule has 0 fully saturated rings. The van der Waals surface area contributed by atoms with Gasteiger partial charge in [-0.3, -0.25) is 14.4 Å². The third kappa shape index (κ3) is 9.01. The SMILES string of the molecule is COC(=O)[C@H](CCCCNC(=O)Cc1ccc(N=C2C(=O)N(Cc3ccc(OC)cc3)c3c(Br)cc(Br)cc32)cc1)NC(C)=O. The minimum atomic E-state index is -0.696. The number of hydrogen-bond donors (Lipinski definition) is 2. The highest BCUT2D eigenvalue weighted by atomic mass is 79.9. The van der Waals surface area contributed by atoms with Crippen LogP contribution in [0.15, 0.2) is 74.6 Å². The lowest BCUT2D eigenvalue weighted by Gasteiger charge is -2.18. The molecule has 1 atom stereocenters. The van der Waals surface area contributed by atoms with E-state index in [1.54, 1.807) is 24.1 Å². The summed E-state index contributed by atoms with van der Waals surface area (Å²) in [5.41, 5.74) is 4.14. The molecule has 3 amide bonds. The van der Waals surface area contributed by atoms with Crippen molar-refractivity contribution in [2.24, 2.45) is 4.99 Å². The van der Waals surface area contributed by atoms with Crippen LogP contribution in [0.4, 0.5) is 11.4 Å². The Kier molecular flexibility index (Phi) is 11.9. The van der Waals surface area contributed by atoms with Crippen LogP contribution < -0.4 is 20.3 Å². The van der Waals surface area contributed by atoms with Crippen LogP contribution in [-0.4, -0.2) is 56.2 Å². The zero-order valence-corrected chi connectivity index (χ0v) is 28.4. The summed E-state index contributed by atoms with van der Waals surface area (Å²) < 4.78 is 11.6. The van der Waals surface area contributed by atoms with Gasteiger partial charge in [0, 0.05) is 28.0 Å². The smallest absolute Gasteiger partial charge is 0.328 e. The van der Waals surface area contributed by atoms with E-state index in [1.807, 2.05) is 48.5 Å². The van der Waals surface area contributed by atoms with Crippen molar-refractivity contribution in [1.82, 2.24) is 10.6 Å². The Morgan fingerprint density at radius 1 is 0.956 bits per heavy atom. The van der Waals surface area contributed by atoms with Gasteiger partial charge >= 0.3 is 5.97 Å². The fraction of sp³-hybridized carbons (Fsp3) is 0.303. The summed E-state index contributed by atoms with van der Waals surface area (Å²) in [4.78, 5) is 55.7. The van der Waals surface area contributed by atoms with Crippen LogP contribution in [0.2, 0.25) is 0 Å². The molecule has 12 heteroatoms. The highest BCUT2D eigenvalue weighted by Gasteiger charge is 2.36. The maximum atomic E-state index is 13.7. The van der Waals surface area contributed by atoms with Crippen molar-refractivity contribution in [3.63, 3.8) is 0 Å². The molecule has 45 heavy (non-hydrogen) atoms. The third-order valence-electron chi connectivity index (χ3n) is 7.15. The van der Waals surface area contributed by atoms with Gasteiger partial charge in [0.2, 0.25) is 11.8 Å². The lowest BCUT2D eigenvalue weighted by Crippen LogP contribution is -2.40. The topological polar surface area (TPSA) is 126 Å². The van der Waals surface area contributed by atoms with Gasteiger partial charge in [0.25, 0.3) is 5.91 Å². The predicted octanol–water partition coefficient (Wildman–Crippen LogP) is 5.39. The molecule has 1 heterocycles. The van der Waals surface area contributed by atoms with Gasteiger partial charge in [0.05, 0.1) is 38.6 Å². The molecule has 0 aliphatic carbocycles. The van der Waals surface area contributed by atoms with Crippen molar-refractivity contribution in [2.75, 3.05) is 25.7 Å². The Balaban J connectivity index is 1.37. The van der Waals surface area contributed by atoms with Gasteiger partial charge in [-0.2, -0.15) is 0 Å². The Bertz CT molecular complexity index is 1590. The number of benzene rings is 3. The second-order valence-electron chi connectivity index (χ2n) is 10.4. The Morgan fingerprint density at radius 3 is 2.29 bits per heavy atom. The molecule has 0 saturated heterocycles. The number of carbonyl (C=O) groups is 4. The van der Waals surface area contributed by atoms with Gasteiger partial charge in [-0.05, 0) is 82.7 Å². The predicted molar refractivity (Wildman–Crippen MR) is 179 cm³/mol. The lowest BCUT2D eigenvalue weighted by molar-refractivity contribution is -0.145. The van der Waals surface area contributed by atoms with Crippen molar-refractivity contribution >= 4 is 72.6 Å². The molecule has 0 unspecified atom stereocenters. The highest BCUT2D eigenvalue weighted by molar-refractivity contribution is 9.11. The summed E-state index contributed by atoms with van der Waals surface area (Å²) >= 11 is 7.16. The molecule has 0 saturated carbocycles. The van der Waals surface area contributed by atoms with E-state index in [4.69, 9.17) is 14.5 Å². The van der Waals surface area contributed by atoms with Crippen molar-refractivity contribution in [1.29, 1.82) is 0 Å². The molecule has 3 aromatic carbocycles. The second-order valence-corrected chi connectivity index (χ2v) is 12.2. The molecular weight excluding hydrogens is 708 g/mol. The van der Waals surface area contributed by atoms with E-state index in [1.165, 1.54) is 14.0 Å². The fourth-order valence-corrected chi connectivity index (χ4v) is 6.38. The van der Waals surface area contributed by atoms with Gasteiger partial charge in [-0.25, -0.2) is 9.79 Å². The number of rotatable bonds is 13. The number of ether oxygens (including phenoxy) is 2. The summed E-state index contributed by atoms with van der Waals surface area (Å²) in [5, 5.41) is 5.46. The van der Waals surface area contributed by atoms with Gasteiger partial charge in [-0.1, -0.05) is 40.2 Å². The number of methoxy groups -OCH3 is 2. The number of nitrogens with one attached hydrogen (secondary N) is 2. The number of carbonyl (C=O) groups excluding carboxylic acids is 4. The zero-order valence-electron chi connectivity index (χ0n) is 25.2. The summed E-state index contributed by atoms with van der Waals surface area (Å²) in [6.45, 7) is 2.16. The van der Waals surface area contributed by atoms with Gasteiger partial charge < -0.3 is 25.0 Å². The lowest BCUT2D eigenvalue weighted by atomic mass is 10.1. The van der Waals surface area contributed by atoms with E-state index < -0.39 is 12.0 Å². The molecule has 0 aromatic heterocycles. The van der Waals surface area contributed by atoms with Gasteiger partial charge in [0.15, 0.2) is 0 Å². The number of amides is 3.